The summed E-state index contributed by atoms with van der Waals surface area (Å²) in [4.78, 5) is 0. The molecule has 292 valence electrons. The number of rotatable bonds is 3. The van der Waals surface area contributed by atoms with Gasteiger partial charge in [-0.15, -0.1) is 17.4 Å². The Balaban J connectivity index is 0.000000165. The molecule has 2 aromatic carbocycles. The van der Waals surface area contributed by atoms with Crippen molar-refractivity contribution in [3.05, 3.63) is 172 Å². The number of halogens is 2. The number of hydrogen-bond donors (Lipinski definition) is 0. The van der Waals surface area contributed by atoms with Gasteiger partial charge in [-0.2, -0.15) is 11.6 Å². The Morgan fingerprint density at radius 2 is 1.18 bits per heavy atom. The van der Waals surface area contributed by atoms with Gasteiger partial charge in [0.25, 0.3) is 0 Å². The zero-order valence-electron chi connectivity index (χ0n) is 35.8. The fraction of sp³-hybridized carbons (Fsp3) is 0.434. The van der Waals surface area contributed by atoms with E-state index in [0.717, 1.165) is 10.0 Å². The Morgan fingerprint density at radius 3 is 1.62 bits per heavy atom. The van der Waals surface area contributed by atoms with Crippen LogP contribution in [0.1, 0.15) is 101 Å². The molecule has 0 spiro atoms. The Kier molecular flexibility index (Phi) is 11.6. The molecular weight excluding hydrogens is 799 g/mol. The molecule has 0 heterocycles. The van der Waals surface area contributed by atoms with Gasteiger partial charge in [-0.05, 0) is 28.6 Å². The van der Waals surface area contributed by atoms with Crippen molar-refractivity contribution in [3.8, 4) is 0 Å². The third kappa shape index (κ3) is 6.17. The number of hydrogen-bond acceptors (Lipinski definition) is 0. The monoisotopic (exact) mass is 858 g/mol. The molecule has 0 aliphatic heterocycles. The van der Waals surface area contributed by atoms with Crippen LogP contribution < -0.4 is 0 Å². The van der Waals surface area contributed by atoms with Gasteiger partial charge in [-0.3, -0.25) is 6.08 Å². The first-order valence-electron chi connectivity index (χ1n) is 20.5. The molecule has 56 heavy (non-hydrogen) atoms. The Morgan fingerprint density at radius 1 is 0.714 bits per heavy atom. The second-order valence-electron chi connectivity index (χ2n) is 19.3. The first kappa shape index (κ1) is 43.3. The van der Waals surface area contributed by atoms with Gasteiger partial charge in [-0.25, -0.2) is 6.08 Å². The van der Waals surface area contributed by atoms with Gasteiger partial charge in [0.05, 0.1) is 0 Å². The molecule has 0 aromatic heterocycles. The van der Waals surface area contributed by atoms with Crippen LogP contribution in [0.5, 0.6) is 0 Å². The summed E-state index contributed by atoms with van der Waals surface area (Å²) in [6.07, 6.45) is 38.3. The molecule has 3 heteroatoms. The van der Waals surface area contributed by atoms with E-state index < -0.39 is 0 Å². The van der Waals surface area contributed by atoms with Crippen LogP contribution in [-0.2, 0) is 24.2 Å². The summed E-state index contributed by atoms with van der Waals surface area (Å²) in [6, 6.07) is 15.8. The fourth-order valence-corrected chi connectivity index (χ4v) is 12.9. The first-order valence-corrected chi connectivity index (χ1v) is 22.5. The van der Waals surface area contributed by atoms with Gasteiger partial charge >= 0.3 is 120 Å². The first-order chi connectivity index (χ1) is 26.1. The standard InChI is InChI=1S/C29H37.C13H8Cl2.C11H17.Zr/c1-21-14-13-15-22-20-27(6)25(4)18-10-9-16-23(25,2)24(3)17-11-12-19-26(24,5)29(27,8)28(21,22)7;14-12-5-1-10(2-6-12)9-11-3-7-13(15)8-4-11;1-5-9-6-7-10(8-9)11(2,3)4;/h9-20,22H,1-8H3;1-8H;7-9H,5H2,1-4H3;/q-1;;-1;+2. The molecule has 2 aromatic rings. The summed E-state index contributed by atoms with van der Waals surface area (Å²) in [7, 11) is 0. The SMILES string of the molecule is CC1=CC=CC2[CH-]C3(C)C4(C)C=CC=CC4(C)C4(C)C=CC=CC4(C)C3(C)C12C.CCC1[C-]=CC(C(C)(C)C)=C1.Clc1ccc([C](=[Zr+2])c2ccc(Cl)cc2)cc1. The zero-order chi connectivity index (χ0) is 41.2. The average molecular weight is 861 g/mol. The molecule has 9 unspecified atom stereocenters. The number of benzene rings is 2. The van der Waals surface area contributed by atoms with Crippen molar-refractivity contribution in [2.24, 2.45) is 55.2 Å². The molecule has 6 aliphatic carbocycles. The molecule has 0 nitrogen and oxygen atoms in total. The molecule has 0 amide bonds. The van der Waals surface area contributed by atoms with E-state index in [1.807, 2.05) is 48.5 Å². The predicted octanol–water partition coefficient (Wildman–Crippen LogP) is 15.1. The molecule has 0 radical (unpaired) electrons. The van der Waals surface area contributed by atoms with Crippen LogP contribution in [0, 0.1) is 67.7 Å². The second-order valence-corrected chi connectivity index (χ2v) is 21.4. The van der Waals surface area contributed by atoms with Crippen LogP contribution in [0.25, 0.3) is 0 Å². The van der Waals surface area contributed by atoms with Crippen molar-refractivity contribution in [1.82, 2.24) is 0 Å². The third-order valence-corrected chi connectivity index (χ3v) is 18.4. The maximum atomic E-state index is 5.86. The zero-order valence-corrected chi connectivity index (χ0v) is 39.8. The van der Waals surface area contributed by atoms with Gasteiger partial charge in [0.2, 0.25) is 0 Å². The summed E-state index contributed by atoms with van der Waals surface area (Å²) < 4.78 is 1.31. The van der Waals surface area contributed by atoms with Gasteiger partial charge in [0, 0.05) is 10.8 Å². The van der Waals surface area contributed by atoms with Crippen LogP contribution in [0.3, 0.4) is 0 Å². The minimum atomic E-state index is 0.00615. The van der Waals surface area contributed by atoms with Crippen molar-refractivity contribution >= 4 is 26.4 Å². The molecule has 0 bridgehead atoms. The summed E-state index contributed by atoms with van der Waals surface area (Å²) in [5.74, 6) is 1.03. The topological polar surface area (TPSA) is 0 Å². The van der Waals surface area contributed by atoms with E-state index in [1.165, 1.54) is 56.1 Å². The average Bonchev–Trinajstić information content (AvgIpc) is 3.73. The van der Waals surface area contributed by atoms with Gasteiger partial charge in [0.15, 0.2) is 0 Å². The molecule has 8 rings (SSSR count). The summed E-state index contributed by atoms with van der Waals surface area (Å²) in [6.45, 7) is 29.2. The summed E-state index contributed by atoms with van der Waals surface area (Å²) in [5, 5.41) is 1.53. The van der Waals surface area contributed by atoms with E-state index >= 15 is 0 Å². The predicted molar refractivity (Wildman–Crippen MR) is 239 cm³/mol. The van der Waals surface area contributed by atoms with E-state index in [4.69, 9.17) is 23.2 Å². The fourth-order valence-electron chi connectivity index (χ4n) is 11.9. The van der Waals surface area contributed by atoms with E-state index in [0.29, 0.717) is 17.3 Å². The quantitative estimate of drug-likeness (QED) is 0.270. The van der Waals surface area contributed by atoms with Crippen molar-refractivity contribution in [2.75, 3.05) is 0 Å². The normalized spacial score (nSPS) is 38.2. The maximum absolute atomic E-state index is 5.86. The molecular formula is C53H62Cl2Zr. The third-order valence-electron chi connectivity index (χ3n) is 16.4. The van der Waals surface area contributed by atoms with Gasteiger partial charge < -0.3 is 6.42 Å². The second kappa shape index (κ2) is 15.1. The summed E-state index contributed by atoms with van der Waals surface area (Å²) >= 11 is 13.1. The van der Waals surface area contributed by atoms with Crippen molar-refractivity contribution in [2.45, 2.75) is 89.5 Å². The van der Waals surface area contributed by atoms with Crippen molar-refractivity contribution in [3.63, 3.8) is 0 Å². The Hall–Kier alpha value is -2.31. The van der Waals surface area contributed by atoms with Crippen LogP contribution in [0.4, 0.5) is 0 Å². The number of allylic oxidation sites excluding steroid dienone is 16. The van der Waals surface area contributed by atoms with Gasteiger partial charge in [-0.1, -0.05) is 160 Å². The molecule has 0 saturated heterocycles. The van der Waals surface area contributed by atoms with Crippen LogP contribution >= 0.6 is 23.2 Å². The van der Waals surface area contributed by atoms with E-state index in [9.17, 15) is 0 Å². The summed E-state index contributed by atoms with van der Waals surface area (Å²) in [5.41, 5.74) is 5.90. The van der Waals surface area contributed by atoms with E-state index in [-0.39, 0.29) is 37.9 Å². The Labute approximate surface area is 365 Å². The molecule has 2 fully saturated rings. The molecule has 9 atom stereocenters. The Bertz CT molecular complexity index is 2050. The van der Waals surface area contributed by atoms with Crippen molar-refractivity contribution in [1.29, 1.82) is 0 Å². The van der Waals surface area contributed by atoms with Crippen LogP contribution in [0.2, 0.25) is 10.0 Å². The van der Waals surface area contributed by atoms with E-state index in [2.05, 4.69) is 175 Å². The van der Waals surface area contributed by atoms with Gasteiger partial charge in [0.1, 0.15) is 0 Å². The molecule has 2 saturated carbocycles. The number of fused-ring (bicyclic) bond motifs is 8. The van der Waals surface area contributed by atoms with E-state index in [1.54, 1.807) is 0 Å². The molecule has 6 aliphatic rings. The van der Waals surface area contributed by atoms with Crippen LogP contribution in [0.15, 0.2) is 139 Å². The van der Waals surface area contributed by atoms with Crippen molar-refractivity contribution < 1.29 is 24.2 Å². The molecule has 0 N–H and O–H groups in total. The minimum absolute atomic E-state index is 0.00615. The van der Waals surface area contributed by atoms with Crippen LogP contribution in [-0.4, -0.2) is 3.21 Å².